The van der Waals surface area contributed by atoms with Gasteiger partial charge >= 0.3 is 228 Å². The van der Waals surface area contributed by atoms with Crippen molar-refractivity contribution in [3.05, 3.63) is 89.9 Å². The number of fused-ring (bicyclic) bond motifs is 2. The van der Waals surface area contributed by atoms with E-state index in [1.165, 1.54) is 19.9 Å². The first-order valence-corrected chi connectivity index (χ1v) is 14.1. The van der Waals surface area contributed by atoms with E-state index in [0.717, 1.165) is 39.9 Å². The van der Waals surface area contributed by atoms with Crippen LogP contribution >= 0.6 is 0 Å². The van der Waals surface area contributed by atoms with Crippen LogP contribution < -0.4 is 18.4 Å². The van der Waals surface area contributed by atoms with Crippen LogP contribution in [0.5, 0.6) is 11.5 Å². The van der Waals surface area contributed by atoms with Gasteiger partial charge in [-0.05, 0) is 0 Å². The van der Waals surface area contributed by atoms with Gasteiger partial charge in [-0.2, -0.15) is 0 Å². The summed E-state index contributed by atoms with van der Waals surface area (Å²) in [6.07, 6.45) is 6.80. The Morgan fingerprint density at radius 3 is 2.58 bits per heavy atom. The van der Waals surface area contributed by atoms with Crippen LogP contribution in [0.15, 0.2) is 73.2 Å². The summed E-state index contributed by atoms with van der Waals surface area (Å²) in [4.78, 5) is 18.9. The van der Waals surface area contributed by atoms with Crippen molar-refractivity contribution in [2.24, 2.45) is 7.05 Å². The van der Waals surface area contributed by atoms with Crippen molar-refractivity contribution in [1.29, 1.82) is 0 Å². The molecular weight excluding hydrogens is 543 g/mol. The molecule has 0 bridgehead atoms. The molecule has 8 heteroatoms. The normalized spacial score (nSPS) is 13.0. The van der Waals surface area contributed by atoms with Gasteiger partial charge in [0.15, 0.2) is 0 Å². The number of aromatic nitrogens is 3. The van der Waals surface area contributed by atoms with Gasteiger partial charge in [0.05, 0.1) is 0 Å². The molecule has 3 aromatic carbocycles. The van der Waals surface area contributed by atoms with Gasteiger partial charge in [-0.3, -0.25) is 0 Å². The molecule has 0 saturated heterocycles. The van der Waals surface area contributed by atoms with E-state index in [1.54, 1.807) is 14.2 Å². The van der Waals surface area contributed by atoms with E-state index in [4.69, 9.17) is 9.47 Å². The van der Waals surface area contributed by atoms with Crippen molar-refractivity contribution in [2.45, 2.75) is 13.0 Å². The average molecular weight is 572 g/mol. The fourth-order valence-corrected chi connectivity index (χ4v) is 7.05. The maximum absolute atomic E-state index is 13.5. The molecule has 1 N–H and O–H groups in total. The number of hydrogen-bond acceptors (Lipinski definition) is 4. The fourth-order valence-electron chi connectivity index (χ4n) is 4.99. The van der Waals surface area contributed by atoms with Crippen molar-refractivity contribution in [1.82, 2.24) is 19.7 Å². The SMILES string of the molecule is COc1cc2c(cc1OC)CN(C(=O)c1cccc([Se]c3c[nH]c4ccc(-c5cnn(C)c5)cc34)c1)CC2. The molecule has 1 aliphatic heterocycles. The first kappa shape index (κ1) is 24.3. The molecule has 0 atom stereocenters. The molecule has 192 valence electrons. The first-order valence-electron chi connectivity index (χ1n) is 12.4. The maximum atomic E-state index is 13.5. The van der Waals surface area contributed by atoms with Gasteiger partial charge in [0, 0.05) is 0 Å². The summed E-state index contributed by atoms with van der Waals surface area (Å²) in [7, 11) is 5.21. The molecule has 1 aliphatic rings. The zero-order valence-corrected chi connectivity index (χ0v) is 23.2. The van der Waals surface area contributed by atoms with E-state index in [0.29, 0.717) is 18.8 Å². The van der Waals surface area contributed by atoms with Gasteiger partial charge in [0.1, 0.15) is 0 Å². The summed E-state index contributed by atoms with van der Waals surface area (Å²) in [5.74, 6) is 1.47. The zero-order valence-electron chi connectivity index (χ0n) is 21.5. The van der Waals surface area contributed by atoms with Gasteiger partial charge in [0.25, 0.3) is 0 Å². The van der Waals surface area contributed by atoms with Gasteiger partial charge in [0.2, 0.25) is 0 Å². The Morgan fingerprint density at radius 2 is 1.82 bits per heavy atom. The minimum absolute atomic E-state index is 0.0422. The quantitative estimate of drug-likeness (QED) is 0.317. The summed E-state index contributed by atoms with van der Waals surface area (Å²) in [6, 6.07) is 18.6. The average Bonchev–Trinajstić information content (AvgIpc) is 3.57. The van der Waals surface area contributed by atoms with Crippen LogP contribution in [-0.2, 0) is 20.0 Å². The number of nitrogens with one attached hydrogen (secondary N) is 1. The molecular formula is C30H28N4O3Se. The number of H-pyrrole nitrogens is 1. The monoisotopic (exact) mass is 572 g/mol. The van der Waals surface area contributed by atoms with Crippen molar-refractivity contribution in [3.63, 3.8) is 0 Å². The van der Waals surface area contributed by atoms with Gasteiger partial charge < -0.3 is 0 Å². The summed E-state index contributed by atoms with van der Waals surface area (Å²) in [5, 5.41) is 5.52. The third kappa shape index (κ3) is 4.57. The minimum atomic E-state index is 0.0422. The number of methoxy groups -OCH3 is 2. The molecule has 0 aliphatic carbocycles. The number of rotatable bonds is 6. The van der Waals surface area contributed by atoms with E-state index in [9.17, 15) is 4.79 Å². The van der Waals surface area contributed by atoms with E-state index in [1.807, 2.05) is 53.3 Å². The predicted octanol–water partition coefficient (Wildman–Crippen LogP) is 3.44. The molecule has 6 rings (SSSR count). The van der Waals surface area contributed by atoms with Crippen molar-refractivity contribution in [2.75, 3.05) is 20.8 Å². The second-order valence-corrected chi connectivity index (χ2v) is 11.7. The second-order valence-electron chi connectivity index (χ2n) is 9.40. The van der Waals surface area contributed by atoms with E-state index in [2.05, 4.69) is 46.6 Å². The standard InChI is InChI=1S/C30H28N4O3Se/c1-33-17-23(15-32-33)19-7-8-26-25(12-19)29(16-31-26)38-24-6-4-5-21(11-24)30(35)34-10-9-20-13-27(36-2)28(37-3)14-22(20)18-34/h4-8,11-17,31H,9-10,18H2,1-3H3. The zero-order chi connectivity index (χ0) is 26.2. The number of aryl methyl sites for hydroxylation is 1. The van der Waals surface area contributed by atoms with Gasteiger partial charge in [-0.25, -0.2) is 0 Å². The van der Waals surface area contributed by atoms with E-state index >= 15 is 0 Å². The summed E-state index contributed by atoms with van der Waals surface area (Å²) < 4.78 is 15.2. The number of aromatic amines is 1. The molecule has 0 fully saturated rings. The first-order chi connectivity index (χ1) is 18.5. The number of hydrogen-bond donors (Lipinski definition) is 1. The molecule has 7 nitrogen and oxygen atoms in total. The molecule has 2 aromatic heterocycles. The molecule has 3 heterocycles. The molecule has 0 spiro atoms. The van der Waals surface area contributed by atoms with Crippen molar-refractivity contribution < 1.29 is 14.3 Å². The van der Waals surface area contributed by atoms with Crippen LogP contribution in [0.25, 0.3) is 22.0 Å². The molecule has 38 heavy (non-hydrogen) atoms. The fraction of sp³-hybridized carbons (Fsp3) is 0.200. The Hall–Kier alpha value is -4.00. The Morgan fingerprint density at radius 1 is 1.00 bits per heavy atom. The molecule has 0 unspecified atom stereocenters. The third-order valence-electron chi connectivity index (χ3n) is 7.00. The Labute approximate surface area is 227 Å². The van der Waals surface area contributed by atoms with Crippen LogP contribution in [0, 0.1) is 0 Å². The van der Waals surface area contributed by atoms with Crippen molar-refractivity contribution in [3.8, 4) is 22.6 Å². The number of benzene rings is 3. The molecule has 5 aromatic rings. The number of carbonyl (C=O) groups excluding carboxylic acids is 1. The van der Waals surface area contributed by atoms with Crippen LogP contribution in [-0.4, -0.2) is 61.3 Å². The van der Waals surface area contributed by atoms with Gasteiger partial charge in [-0.1, -0.05) is 0 Å². The molecule has 1 amide bonds. The predicted molar refractivity (Wildman–Crippen MR) is 150 cm³/mol. The molecule has 0 saturated carbocycles. The molecule has 0 radical (unpaired) electrons. The van der Waals surface area contributed by atoms with Gasteiger partial charge in [-0.15, -0.1) is 0 Å². The summed E-state index contributed by atoms with van der Waals surface area (Å²) >= 11 is 0.0422. The Kier molecular flexibility index (Phi) is 6.43. The summed E-state index contributed by atoms with van der Waals surface area (Å²) in [6.45, 7) is 1.24. The third-order valence-corrected chi connectivity index (χ3v) is 9.19. The Bertz CT molecular complexity index is 1650. The number of ether oxygens (including phenoxy) is 2. The summed E-state index contributed by atoms with van der Waals surface area (Å²) in [5.41, 5.74) is 6.39. The second kappa shape index (κ2) is 10.0. The Balaban J connectivity index is 1.23. The van der Waals surface area contributed by atoms with Crippen LogP contribution in [0.2, 0.25) is 0 Å². The van der Waals surface area contributed by atoms with Crippen molar-refractivity contribution >= 4 is 40.7 Å². The topological polar surface area (TPSA) is 72.4 Å². The van der Waals surface area contributed by atoms with E-state index < -0.39 is 0 Å². The number of nitrogens with zero attached hydrogens (tertiary/aromatic N) is 3. The number of carbonyl (C=O) groups is 1. The number of amides is 1. The van der Waals surface area contributed by atoms with Crippen LogP contribution in [0.4, 0.5) is 0 Å². The van der Waals surface area contributed by atoms with E-state index in [-0.39, 0.29) is 20.9 Å². The van der Waals surface area contributed by atoms with Crippen LogP contribution in [0.3, 0.4) is 0 Å². The van der Waals surface area contributed by atoms with Crippen LogP contribution in [0.1, 0.15) is 21.5 Å².